The van der Waals surface area contributed by atoms with Crippen LogP contribution >= 0.6 is 0 Å². The average Bonchev–Trinajstić information content (AvgIpc) is 3.47. The fourth-order valence-electron chi connectivity index (χ4n) is 6.12. The number of fused-ring (bicyclic) bond motifs is 3. The fourth-order valence-corrected chi connectivity index (χ4v) is 6.12. The first kappa shape index (κ1) is 24.8. The van der Waals surface area contributed by atoms with Crippen molar-refractivity contribution in [1.29, 1.82) is 5.26 Å². The van der Waals surface area contributed by atoms with Gasteiger partial charge in [0.15, 0.2) is 0 Å². The number of hydrogen-bond donors (Lipinski definition) is 0. The van der Waals surface area contributed by atoms with Crippen molar-refractivity contribution < 1.29 is 0 Å². The summed E-state index contributed by atoms with van der Waals surface area (Å²) in [5, 5.41) is 14.0. The molecule has 0 aliphatic rings. The van der Waals surface area contributed by atoms with E-state index in [2.05, 4.69) is 126 Å². The molecule has 3 heteroatoms. The van der Waals surface area contributed by atoms with Crippen LogP contribution in [0.2, 0.25) is 0 Å². The molecule has 8 rings (SSSR count). The van der Waals surface area contributed by atoms with Gasteiger partial charge in [0.05, 0.1) is 28.4 Å². The second kappa shape index (κ2) is 10.1. The van der Waals surface area contributed by atoms with Crippen LogP contribution < -0.4 is 0 Å². The van der Waals surface area contributed by atoms with Gasteiger partial charge in [-0.1, -0.05) is 109 Å². The molecule has 0 atom stereocenters. The second-order valence-electron chi connectivity index (χ2n) is 10.8. The van der Waals surface area contributed by atoms with Gasteiger partial charge in [-0.2, -0.15) is 5.26 Å². The SMILES string of the molecule is N#Cc1ccc(-c2cccc3ccc(-c4ccc5c(-n6c(-c7ccccc7)nc7ccccc76)cccc5c4)cc23)cc1. The Kier molecular flexibility index (Phi) is 5.84. The summed E-state index contributed by atoms with van der Waals surface area (Å²) in [5.74, 6) is 0.934. The molecule has 0 bridgehead atoms. The van der Waals surface area contributed by atoms with Crippen molar-refractivity contribution in [1.82, 2.24) is 9.55 Å². The molecule has 0 amide bonds. The van der Waals surface area contributed by atoms with Crippen LogP contribution in [-0.4, -0.2) is 9.55 Å². The Morgan fingerprint density at radius 2 is 1.23 bits per heavy atom. The van der Waals surface area contributed by atoms with Crippen molar-refractivity contribution in [2.45, 2.75) is 0 Å². The van der Waals surface area contributed by atoms with Gasteiger partial charge in [-0.05, 0) is 80.9 Å². The van der Waals surface area contributed by atoms with Crippen LogP contribution in [0.5, 0.6) is 0 Å². The maximum absolute atomic E-state index is 9.24. The zero-order chi connectivity index (χ0) is 28.8. The lowest BCUT2D eigenvalue weighted by Crippen LogP contribution is -1.98. The summed E-state index contributed by atoms with van der Waals surface area (Å²) in [6, 6.07) is 55.1. The lowest BCUT2D eigenvalue weighted by Gasteiger charge is -2.14. The van der Waals surface area contributed by atoms with E-state index in [1.54, 1.807) is 0 Å². The number of para-hydroxylation sites is 2. The van der Waals surface area contributed by atoms with E-state index in [1.807, 2.05) is 36.4 Å². The van der Waals surface area contributed by atoms with Crippen LogP contribution in [0, 0.1) is 11.3 Å². The summed E-state index contributed by atoms with van der Waals surface area (Å²) in [5.41, 5.74) is 9.52. The molecule has 0 unspecified atom stereocenters. The second-order valence-corrected chi connectivity index (χ2v) is 10.8. The fraction of sp³-hybridized carbons (Fsp3) is 0. The smallest absolute Gasteiger partial charge is 0.145 e. The number of aromatic nitrogens is 2. The highest BCUT2D eigenvalue weighted by Crippen LogP contribution is 2.36. The van der Waals surface area contributed by atoms with E-state index in [9.17, 15) is 5.26 Å². The minimum absolute atomic E-state index is 0.666. The Labute approximate surface area is 249 Å². The van der Waals surface area contributed by atoms with Crippen molar-refractivity contribution in [3.8, 4) is 45.4 Å². The van der Waals surface area contributed by atoms with Crippen LogP contribution in [0.1, 0.15) is 5.56 Å². The zero-order valence-corrected chi connectivity index (χ0v) is 23.3. The summed E-state index contributed by atoms with van der Waals surface area (Å²) in [6.45, 7) is 0. The zero-order valence-electron chi connectivity index (χ0n) is 23.3. The Morgan fingerprint density at radius 3 is 2.09 bits per heavy atom. The summed E-state index contributed by atoms with van der Waals surface area (Å²) >= 11 is 0. The largest absolute Gasteiger partial charge is 0.292 e. The average molecular weight is 548 g/mol. The van der Waals surface area contributed by atoms with Crippen LogP contribution in [-0.2, 0) is 0 Å². The van der Waals surface area contributed by atoms with Gasteiger partial charge in [0.25, 0.3) is 0 Å². The Bertz CT molecular complexity index is 2340. The molecule has 43 heavy (non-hydrogen) atoms. The summed E-state index contributed by atoms with van der Waals surface area (Å²) in [4.78, 5) is 5.05. The minimum Gasteiger partial charge on any atom is -0.292 e. The van der Waals surface area contributed by atoms with Gasteiger partial charge in [0, 0.05) is 10.9 Å². The molecular formula is C40H25N3. The quantitative estimate of drug-likeness (QED) is 0.220. The summed E-state index contributed by atoms with van der Waals surface area (Å²) in [7, 11) is 0. The van der Waals surface area contributed by atoms with Crippen LogP contribution in [0.4, 0.5) is 0 Å². The van der Waals surface area contributed by atoms with Gasteiger partial charge in [0.1, 0.15) is 5.82 Å². The van der Waals surface area contributed by atoms with Crippen LogP contribution in [0.3, 0.4) is 0 Å². The van der Waals surface area contributed by atoms with Gasteiger partial charge >= 0.3 is 0 Å². The molecule has 200 valence electrons. The van der Waals surface area contributed by atoms with E-state index in [0.29, 0.717) is 5.56 Å². The highest BCUT2D eigenvalue weighted by atomic mass is 15.1. The number of nitrogens with zero attached hydrogens (tertiary/aromatic N) is 3. The molecule has 8 aromatic rings. The monoisotopic (exact) mass is 547 g/mol. The summed E-state index contributed by atoms with van der Waals surface area (Å²) < 4.78 is 2.28. The number of nitriles is 1. The van der Waals surface area contributed by atoms with E-state index < -0.39 is 0 Å². The number of imidazole rings is 1. The number of benzene rings is 7. The van der Waals surface area contributed by atoms with Gasteiger partial charge in [-0.15, -0.1) is 0 Å². The Morgan fingerprint density at radius 1 is 0.512 bits per heavy atom. The van der Waals surface area contributed by atoms with Crippen molar-refractivity contribution in [2.75, 3.05) is 0 Å². The molecule has 1 heterocycles. The van der Waals surface area contributed by atoms with E-state index in [1.165, 1.54) is 32.7 Å². The molecule has 7 aromatic carbocycles. The number of hydrogen-bond acceptors (Lipinski definition) is 2. The predicted octanol–water partition coefficient (Wildman–Crippen LogP) is 10.2. The molecule has 3 nitrogen and oxygen atoms in total. The highest BCUT2D eigenvalue weighted by molar-refractivity contribution is 6.01. The lowest BCUT2D eigenvalue weighted by molar-refractivity contribution is 1.11. The van der Waals surface area contributed by atoms with Gasteiger partial charge < -0.3 is 0 Å². The minimum atomic E-state index is 0.666. The molecule has 0 aliphatic carbocycles. The third-order valence-corrected chi connectivity index (χ3v) is 8.23. The standard InChI is InChI=1S/C40H25N3/c41-26-27-16-18-29(19-17-27)34-12-6-10-28-20-21-32(25-36(28)34)31-22-23-35-33(24-31)11-7-15-38(35)43-39-14-5-4-13-37(39)42-40(43)30-8-2-1-3-9-30/h1-25H. The third kappa shape index (κ3) is 4.25. The van der Waals surface area contributed by atoms with Gasteiger partial charge in [0.2, 0.25) is 0 Å². The first-order valence-electron chi connectivity index (χ1n) is 14.4. The molecule has 0 radical (unpaired) electrons. The van der Waals surface area contributed by atoms with E-state index >= 15 is 0 Å². The van der Waals surface area contributed by atoms with E-state index in [4.69, 9.17) is 4.98 Å². The first-order chi connectivity index (χ1) is 21.3. The van der Waals surface area contributed by atoms with E-state index in [0.717, 1.165) is 39.2 Å². The molecule has 0 saturated carbocycles. The maximum Gasteiger partial charge on any atom is 0.145 e. The first-order valence-corrected chi connectivity index (χ1v) is 14.4. The lowest BCUT2D eigenvalue weighted by atomic mass is 9.93. The normalized spacial score (nSPS) is 11.2. The molecule has 0 aliphatic heterocycles. The topological polar surface area (TPSA) is 41.6 Å². The molecule has 0 spiro atoms. The van der Waals surface area contributed by atoms with Crippen molar-refractivity contribution in [3.63, 3.8) is 0 Å². The molecular weight excluding hydrogens is 522 g/mol. The third-order valence-electron chi connectivity index (χ3n) is 8.23. The highest BCUT2D eigenvalue weighted by Gasteiger charge is 2.16. The molecule has 0 N–H and O–H groups in total. The molecule has 1 aromatic heterocycles. The van der Waals surface area contributed by atoms with Crippen LogP contribution in [0.25, 0.3) is 71.9 Å². The van der Waals surface area contributed by atoms with Gasteiger partial charge in [-0.3, -0.25) is 4.57 Å². The maximum atomic E-state index is 9.24. The summed E-state index contributed by atoms with van der Waals surface area (Å²) in [6.07, 6.45) is 0. The Hall–Kier alpha value is -5.98. The van der Waals surface area contributed by atoms with Crippen molar-refractivity contribution >= 4 is 32.6 Å². The Balaban J connectivity index is 1.27. The van der Waals surface area contributed by atoms with E-state index in [-0.39, 0.29) is 0 Å². The molecule has 0 fully saturated rings. The number of rotatable bonds is 4. The molecule has 0 saturated heterocycles. The van der Waals surface area contributed by atoms with Gasteiger partial charge in [-0.25, -0.2) is 4.98 Å². The predicted molar refractivity (Wildman–Crippen MR) is 177 cm³/mol. The van der Waals surface area contributed by atoms with Crippen molar-refractivity contribution in [3.05, 3.63) is 157 Å². The van der Waals surface area contributed by atoms with Crippen molar-refractivity contribution in [2.24, 2.45) is 0 Å². The van der Waals surface area contributed by atoms with Crippen LogP contribution in [0.15, 0.2) is 152 Å².